The van der Waals surface area contributed by atoms with Gasteiger partial charge in [-0.1, -0.05) is 78.7 Å². The Morgan fingerprint density at radius 1 is 0.938 bits per heavy atom. The molecule has 0 heterocycles. The quantitative estimate of drug-likeness (QED) is 0.147. The zero-order chi connectivity index (χ0) is 36.6. The summed E-state index contributed by atoms with van der Waals surface area (Å²) in [7, 11) is -15.6. The van der Waals surface area contributed by atoms with Gasteiger partial charge in [-0.15, -0.1) is 0 Å². The Morgan fingerprint density at radius 2 is 1.48 bits per heavy atom. The first-order chi connectivity index (χ1) is 21.6. The third-order valence-electron chi connectivity index (χ3n) is 13.7. The molecule has 0 aromatic heterocycles. The molecule has 0 amide bonds. The fourth-order valence-corrected chi connectivity index (χ4v) is 11.7. The van der Waals surface area contributed by atoms with Gasteiger partial charge in [-0.3, -0.25) is 13.7 Å². The second-order valence-electron chi connectivity index (χ2n) is 16.3. The lowest BCUT2D eigenvalue weighted by molar-refractivity contribution is -0.179. The van der Waals surface area contributed by atoms with Gasteiger partial charge >= 0.3 is 31.2 Å². The van der Waals surface area contributed by atoms with Gasteiger partial charge in [0.05, 0.1) is 12.2 Å². The summed E-state index contributed by atoms with van der Waals surface area (Å²) in [6.07, 6.45) is -1.06. The van der Waals surface area contributed by atoms with Crippen molar-refractivity contribution in [3.63, 3.8) is 0 Å². The molecule has 4 N–H and O–H groups in total. The summed E-state index contributed by atoms with van der Waals surface area (Å²) in [5.74, 6) is -0.465. The number of allylic oxidation sites excluding steroid dienone is 3. The van der Waals surface area contributed by atoms with E-state index in [0.29, 0.717) is 24.2 Å². The van der Waals surface area contributed by atoms with E-state index < -0.39 is 72.4 Å². The molecule has 0 bridgehead atoms. The molecule has 12 atom stereocenters. The van der Waals surface area contributed by atoms with Gasteiger partial charge in [0.15, 0.2) is 0 Å². The largest absolute Gasteiger partial charge is 0.397 e. The summed E-state index contributed by atoms with van der Waals surface area (Å²) in [5, 5.41) is 11.6. The molecule has 0 aliphatic heterocycles. The van der Waals surface area contributed by atoms with Crippen LogP contribution in [0.15, 0.2) is 23.8 Å². The molecule has 0 saturated heterocycles. The predicted octanol–water partition coefficient (Wildman–Crippen LogP) is 5.36. The zero-order valence-corrected chi connectivity index (χ0v) is 31.6. The van der Waals surface area contributed by atoms with Crippen LogP contribution in [0.25, 0.3) is 0 Å². The van der Waals surface area contributed by atoms with Crippen molar-refractivity contribution in [3.05, 3.63) is 23.8 Å². The summed E-state index contributed by atoms with van der Waals surface area (Å²) in [5.41, 5.74) is 0.0453. The van der Waals surface area contributed by atoms with Crippen LogP contribution >= 0.6 is 0 Å². The fourth-order valence-electron chi connectivity index (χ4n) is 10.2. The maximum Gasteiger partial charge on any atom is 0.397 e. The molecule has 278 valence electrons. The molecule has 1 unspecified atom stereocenters. The lowest BCUT2D eigenvalue weighted by Gasteiger charge is -2.63. The maximum absolute atomic E-state index is 12.2. The first-order valence-electron chi connectivity index (χ1n) is 16.6. The Kier molecular flexibility index (Phi) is 10.7. The van der Waals surface area contributed by atoms with E-state index in [1.165, 1.54) is 0 Å². The zero-order valence-electron chi connectivity index (χ0n) is 29.1. The van der Waals surface area contributed by atoms with Crippen molar-refractivity contribution in [2.45, 2.75) is 125 Å². The Hall–Kier alpha value is -0.950. The standard InChI is InChI=1S/C32H54O13S3/c1-18(2)29(5,6)20(4)11-10-19(3)21-12-14-32(9)23-16-24(43-46(34,35)36)26-27(33)28(45-48(40,41)42)25(44-47(37,38)39)17-30(26,7)22(23)13-15-31(21,32)8/h13,19-21,23-28,33H,1,10-12,14-17H2,2-9H3,(H,34,35,36)(H,37,38,39)(H,40,41,42)/t19-,20?,21-,23-,24+,25+,26+,27-,28-,30-,31-,32+/m1/s1. The van der Waals surface area contributed by atoms with Gasteiger partial charge in [0.2, 0.25) is 0 Å². The molecule has 0 radical (unpaired) electrons. The Labute approximate surface area is 286 Å². The number of hydrogen-bond acceptors (Lipinski definition) is 10. The van der Waals surface area contributed by atoms with Gasteiger partial charge in [0.25, 0.3) is 0 Å². The van der Waals surface area contributed by atoms with Crippen LogP contribution < -0.4 is 0 Å². The highest BCUT2D eigenvalue weighted by atomic mass is 32.3. The molecule has 4 rings (SSSR count). The molecule has 4 aliphatic carbocycles. The maximum atomic E-state index is 12.2. The van der Waals surface area contributed by atoms with Crippen LogP contribution in [0.2, 0.25) is 0 Å². The summed E-state index contributed by atoms with van der Waals surface area (Å²) in [6, 6.07) is 0. The van der Waals surface area contributed by atoms with E-state index in [1.807, 2.05) is 0 Å². The number of aliphatic hydroxyl groups is 1. The molecular formula is C32H54O13S3. The second-order valence-corrected chi connectivity index (χ2v) is 19.5. The monoisotopic (exact) mass is 742 g/mol. The van der Waals surface area contributed by atoms with Crippen molar-refractivity contribution in [1.82, 2.24) is 0 Å². The molecule has 3 fully saturated rings. The normalized spacial score (nSPS) is 40.2. The minimum atomic E-state index is -5.29. The molecular weight excluding hydrogens is 689 g/mol. The minimum absolute atomic E-state index is 0.000662. The second kappa shape index (κ2) is 12.9. The summed E-state index contributed by atoms with van der Waals surface area (Å²) in [6.45, 7) is 21.4. The smallest absolute Gasteiger partial charge is 0.390 e. The highest BCUT2D eigenvalue weighted by Gasteiger charge is 2.68. The molecule has 48 heavy (non-hydrogen) atoms. The third kappa shape index (κ3) is 7.35. The van der Waals surface area contributed by atoms with E-state index in [2.05, 4.69) is 65.3 Å². The Balaban J connectivity index is 1.76. The van der Waals surface area contributed by atoms with Crippen molar-refractivity contribution in [3.8, 4) is 0 Å². The van der Waals surface area contributed by atoms with E-state index in [9.17, 15) is 44.0 Å². The lowest BCUT2D eigenvalue weighted by Crippen LogP contribution is -2.65. The number of fused-ring (bicyclic) bond motifs is 5. The first-order valence-corrected chi connectivity index (χ1v) is 20.7. The van der Waals surface area contributed by atoms with Gasteiger partial charge in [0.1, 0.15) is 12.2 Å². The molecule has 0 spiro atoms. The van der Waals surface area contributed by atoms with E-state index in [0.717, 1.165) is 36.8 Å². The highest BCUT2D eigenvalue weighted by Crippen LogP contribution is 2.72. The topological polar surface area (TPSA) is 211 Å². The van der Waals surface area contributed by atoms with E-state index in [4.69, 9.17) is 8.37 Å². The first kappa shape index (κ1) is 39.8. The van der Waals surface area contributed by atoms with Gasteiger partial charge in [0, 0.05) is 5.92 Å². The van der Waals surface area contributed by atoms with Crippen molar-refractivity contribution in [2.24, 2.45) is 51.2 Å². The van der Waals surface area contributed by atoms with E-state index >= 15 is 0 Å². The summed E-state index contributed by atoms with van der Waals surface area (Å²) < 4.78 is 115. The Morgan fingerprint density at radius 3 is 2.00 bits per heavy atom. The number of hydrogen-bond donors (Lipinski definition) is 4. The lowest BCUT2D eigenvalue weighted by atomic mass is 9.43. The average molecular weight is 743 g/mol. The van der Waals surface area contributed by atoms with Crippen LogP contribution in [0.5, 0.6) is 0 Å². The van der Waals surface area contributed by atoms with E-state index in [1.54, 1.807) is 6.92 Å². The molecule has 4 aliphatic rings. The average Bonchev–Trinajstić information content (AvgIpc) is 3.18. The molecule has 3 saturated carbocycles. The van der Waals surface area contributed by atoms with Crippen LogP contribution in [0, 0.1) is 51.2 Å². The van der Waals surface area contributed by atoms with Crippen LogP contribution in [0.4, 0.5) is 0 Å². The summed E-state index contributed by atoms with van der Waals surface area (Å²) >= 11 is 0. The van der Waals surface area contributed by atoms with Gasteiger partial charge in [-0.2, -0.15) is 25.3 Å². The molecule has 16 heteroatoms. The number of aliphatic hydroxyl groups excluding tert-OH is 1. The van der Waals surface area contributed by atoms with Crippen LogP contribution in [0.3, 0.4) is 0 Å². The Bertz CT molecular complexity index is 1620. The van der Waals surface area contributed by atoms with Gasteiger partial charge < -0.3 is 5.11 Å². The van der Waals surface area contributed by atoms with Crippen LogP contribution in [-0.4, -0.2) is 68.4 Å². The molecule has 13 nitrogen and oxygen atoms in total. The highest BCUT2D eigenvalue weighted by molar-refractivity contribution is 7.81. The van der Waals surface area contributed by atoms with Crippen LogP contribution in [-0.2, 0) is 43.7 Å². The van der Waals surface area contributed by atoms with Crippen LogP contribution in [0.1, 0.15) is 100 Å². The van der Waals surface area contributed by atoms with Crippen molar-refractivity contribution < 1.29 is 56.6 Å². The minimum Gasteiger partial charge on any atom is -0.390 e. The SMILES string of the molecule is C=C(C)C(C)(C)C(C)CC[C@@H](C)[C@H]1CC[C@@]2(C)[C@@H]3C[C@H](OS(=O)(=O)O)[C@H]4[C@@H](O)[C@H](OS(=O)(=O)O)[C@@H](OS(=O)(=O)O)C[C@]4(C)C3=CC[C@]12C. The molecule has 0 aromatic carbocycles. The van der Waals surface area contributed by atoms with Gasteiger partial charge in [-0.25, -0.2) is 12.5 Å². The molecule has 0 aromatic rings. The predicted molar refractivity (Wildman–Crippen MR) is 177 cm³/mol. The van der Waals surface area contributed by atoms with Crippen molar-refractivity contribution in [2.75, 3.05) is 0 Å². The van der Waals surface area contributed by atoms with Crippen molar-refractivity contribution >= 4 is 31.2 Å². The van der Waals surface area contributed by atoms with E-state index in [-0.39, 0.29) is 29.6 Å². The van der Waals surface area contributed by atoms with Crippen molar-refractivity contribution in [1.29, 1.82) is 0 Å². The fraction of sp³-hybridized carbons (Fsp3) is 0.875. The number of rotatable bonds is 12. The summed E-state index contributed by atoms with van der Waals surface area (Å²) in [4.78, 5) is 0. The van der Waals surface area contributed by atoms with Gasteiger partial charge in [-0.05, 0) is 90.8 Å². The third-order valence-corrected chi connectivity index (χ3v) is 15.2.